The first kappa shape index (κ1) is 28.9. The maximum absolute atomic E-state index is 13.9. The number of nitrogens with one attached hydrogen (secondary N) is 1. The minimum atomic E-state index is -0.550. The summed E-state index contributed by atoms with van der Waals surface area (Å²) in [6.45, 7) is 9.91. The van der Waals surface area contributed by atoms with Gasteiger partial charge >= 0.3 is 5.97 Å². The Bertz CT molecular complexity index is 1420. The molecule has 3 fully saturated rings. The Morgan fingerprint density at radius 1 is 1.15 bits per heavy atom. The van der Waals surface area contributed by atoms with Crippen molar-refractivity contribution in [2.24, 2.45) is 11.8 Å². The molecule has 1 aromatic heterocycles. The summed E-state index contributed by atoms with van der Waals surface area (Å²) in [5.41, 5.74) is 2.70. The number of aromatic nitrogens is 1. The number of esters is 1. The lowest BCUT2D eigenvalue weighted by molar-refractivity contribution is -0.155. The fourth-order valence-electron chi connectivity index (χ4n) is 6.12. The van der Waals surface area contributed by atoms with Crippen molar-refractivity contribution >= 4 is 56.1 Å². The number of piperidine rings is 2. The zero-order chi connectivity index (χ0) is 28.6. The number of hydrogen-bond donors (Lipinski definition) is 1. The lowest BCUT2D eigenvalue weighted by Crippen LogP contribution is -2.49. The Morgan fingerprint density at radius 2 is 1.85 bits per heavy atom. The lowest BCUT2D eigenvalue weighted by Gasteiger charge is -2.48. The predicted octanol–water partition coefficient (Wildman–Crippen LogP) is 7.44. The molecule has 1 N–H and O–H groups in total. The molecule has 40 heavy (non-hydrogen) atoms. The molecule has 1 atom stereocenters. The normalized spacial score (nSPS) is 19.2. The summed E-state index contributed by atoms with van der Waals surface area (Å²) in [5, 5.41) is 4.62. The molecule has 3 heterocycles. The highest BCUT2D eigenvalue weighted by Crippen LogP contribution is 2.42. The molecule has 6 rings (SSSR count). The van der Waals surface area contributed by atoms with Gasteiger partial charge in [-0.1, -0.05) is 45.7 Å². The Hall–Kier alpha value is -2.64. The minimum absolute atomic E-state index is 0.152. The quantitative estimate of drug-likeness (QED) is 0.263. The number of carbonyl (C=O) groups excluding carboxylic acids is 2. The molecule has 0 radical (unpaired) electrons. The van der Waals surface area contributed by atoms with Crippen LogP contribution in [0.25, 0.3) is 10.9 Å². The molecule has 1 saturated carbocycles. The average Bonchev–Trinajstić information content (AvgIpc) is 2.87. The van der Waals surface area contributed by atoms with Crippen LogP contribution in [0.1, 0.15) is 73.9 Å². The van der Waals surface area contributed by atoms with Crippen molar-refractivity contribution in [2.45, 2.75) is 64.9 Å². The number of halogens is 2. The van der Waals surface area contributed by atoms with Crippen LogP contribution in [0.3, 0.4) is 0 Å². The first-order valence-corrected chi connectivity index (χ1v) is 15.2. The molecule has 1 amide bonds. The molecular weight excluding hydrogens is 590 g/mol. The van der Waals surface area contributed by atoms with E-state index in [9.17, 15) is 9.59 Å². The number of amides is 1. The molecular formula is C32H37BrClN3O3. The van der Waals surface area contributed by atoms with E-state index < -0.39 is 5.60 Å². The van der Waals surface area contributed by atoms with Gasteiger partial charge in [0, 0.05) is 52.4 Å². The third kappa shape index (κ3) is 6.46. The van der Waals surface area contributed by atoms with Gasteiger partial charge in [-0.05, 0) is 88.6 Å². The maximum atomic E-state index is 13.9. The monoisotopic (exact) mass is 625 g/mol. The fraction of sp³-hybridized carbons (Fsp3) is 0.469. The largest absolute Gasteiger partial charge is 0.460 e. The van der Waals surface area contributed by atoms with Crippen LogP contribution in [-0.4, -0.2) is 42.1 Å². The van der Waals surface area contributed by atoms with Crippen LogP contribution in [0.15, 0.2) is 46.9 Å². The van der Waals surface area contributed by atoms with Gasteiger partial charge in [0.1, 0.15) is 11.4 Å². The SMILES string of the molecule is Cc1c(N2CC3CC(C3)C2)nc2ccc(Br)cc2c1C(=O)NCC(CCC(=O)OC(C)(C)C)c1ccccc1Cl. The molecule has 1 aliphatic carbocycles. The summed E-state index contributed by atoms with van der Waals surface area (Å²) in [7, 11) is 0. The van der Waals surface area contributed by atoms with Gasteiger partial charge in [0.2, 0.25) is 0 Å². The Morgan fingerprint density at radius 3 is 2.52 bits per heavy atom. The second-order valence-electron chi connectivity index (χ2n) is 12.3. The first-order chi connectivity index (χ1) is 19.0. The number of pyridine rings is 1. The number of anilines is 1. The Balaban J connectivity index is 1.41. The Labute approximate surface area is 249 Å². The van der Waals surface area contributed by atoms with E-state index in [0.717, 1.165) is 57.2 Å². The molecule has 2 bridgehead atoms. The summed E-state index contributed by atoms with van der Waals surface area (Å²) in [6.07, 6.45) is 3.34. The van der Waals surface area contributed by atoms with Gasteiger partial charge in [-0.25, -0.2) is 4.98 Å². The van der Waals surface area contributed by atoms with Gasteiger partial charge in [0.15, 0.2) is 0 Å². The van der Waals surface area contributed by atoms with Crippen LogP contribution in [-0.2, 0) is 9.53 Å². The van der Waals surface area contributed by atoms with E-state index in [1.54, 1.807) is 0 Å². The van der Waals surface area contributed by atoms with Crippen LogP contribution in [0, 0.1) is 18.8 Å². The fourth-order valence-corrected chi connectivity index (χ4v) is 6.77. The molecule has 2 aromatic carbocycles. The third-order valence-corrected chi connectivity index (χ3v) is 8.79. The van der Waals surface area contributed by atoms with E-state index in [1.807, 2.05) is 70.2 Å². The second-order valence-corrected chi connectivity index (χ2v) is 13.6. The zero-order valence-corrected chi connectivity index (χ0v) is 25.9. The van der Waals surface area contributed by atoms with Gasteiger partial charge in [0.25, 0.3) is 5.91 Å². The molecule has 1 unspecified atom stereocenters. The van der Waals surface area contributed by atoms with Crippen molar-refractivity contribution in [2.75, 3.05) is 24.5 Å². The lowest BCUT2D eigenvalue weighted by atomic mass is 9.71. The van der Waals surface area contributed by atoms with E-state index in [0.29, 0.717) is 23.6 Å². The maximum Gasteiger partial charge on any atom is 0.306 e. The highest BCUT2D eigenvalue weighted by molar-refractivity contribution is 9.10. The van der Waals surface area contributed by atoms with Crippen molar-refractivity contribution in [3.05, 3.63) is 68.7 Å². The molecule has 2 saturated heterocycles. The average molecular weight is 627 g/mol. The predicted molar refractivity (Wildman–Crippen MR) is 164 cm³/mol. The molecule has 0 spiro atoms. The highest BCUT2D eigenvalue weighted by atomic mass is 79.9. The van der Waals surface area contributed by atoms with Gasteiger partial charge in [-0.2, -0.15) is 0 Å². The van der Waals surface area contributed by atoms with Crippen molar-refractivity contribution in [1.29, 1.82) is 0 Å². The number of carbonyl (C=O) groups is 2. The minimum Gasteiger partial charge on any atom is -0.460 e. The molecule has 3 aliphatic rings. The number of benzene rings is 2. The number of hydrogen-bond acceptors (Lipinski definition) is 5. The number of nitrogens with zero attached hydrogens (tertiary/aromatic N) is 2. The van der Waals surface area contributed by atoms with E-state index in [1.165, 1.54) is 12.8 Å². The van der Waals surface area contributed by atoms with Crippen molar-refractivity contribution in [3.63, 3.8) is 0 Å². The van der Waals surface area contributed by atoms with Gasteiger partial charge in [-0.15, -0.1) is 0 Å². The summed E-state index contributed by atoms with van der Waals surface area (Å²) in [5.74, 6) is 1.78. The Kier molecular flexibility index (Phi) is 8.44. The van der Waals surface area contributed by atoms with Crippen molar-refractivity contribution in [1.82, 2.24) is 10.3 Å². The van der Waals surface area contributed by atoms with Crippen molar-refractivity contribution in [3.8, 4) is 0 Å². The van der Waals surface area contributed by atoms with E-state index in [2.05, 4.69) is 26.1 Å². The number of ether oxygens (including phenoxy) is 1. The molecule has 8 heteroatoms. The van der Waals surface area contributed by atoms with Crippen LogP contribution in [0.2, 0.25) is 5.02 Å². The summed E-state index contributed by atoms with van der Waals surface area (Å²) >= 11 is 10.1. The van der Waals surface area contributed by atoms with Gasteiger partial charge in [0.05, 0.1) is 11.1 Å². The van der Waals surface area contributed by atoms with Crippen LogP contribution in [0.5, 0.6) is 0 Å². The van der Waals surface area contributed by atoms with E-state index >= 15 is 0 Å². The second kappa shape index (κ2) is 11.7. The number of fused-ring (bicyclic) bond motifs is 3. The van der Waals surface area contributed by atoms with Crippen LogP contribution < -0.4 is 10.2 Å². The number of rotatable bonds is 8. The smallest absolute Gasteiger partial charge is 0.306 e. The summed E-state index contributed by atoms with van der Waals surface area (Å²) in [6, 6.07) is 13.5. The van der Waals surface area contributed by atoms with E-state index in [-0.39, 0.29) is 24.2 Å². The van der Waals surface area contributed by atoms with Crippen LogP contribution in [0.4, 0.5) is 5.82 Å². The molecule has 212 valence electrons. The summed E-state index contributed by atoms with van der Waals surface area (Å²) in [4.78, 5) is 33.9. The first-order valence-electron chi connectivity index (χ1n) is 14.1. The topological polar surface area (TPSA) is 71.5 Å². The standard InChI is InChI=1S/C32H37BrClN3O3/c1-19-29(25-15-23(33)10-11-27(25)36-30(19)37-17-20-13-21(14-20)18-37)31(39)35-16-22(24-7-5-6-8-26(24)34)9-12-28(38)40-32(2,3)4/h5-8,10-11,15,20-22H,9,12-14,16-18H2,1-4H3,(H,35,39). The van der Waals surface area contributed by atoms with Gasteiger partial charge in [-0.3, -0.25) is 9.59 Å². The molecule has 3 aromatic rings. The highest BCUT2D eigenvalue weighted by Gasteiger charge is 2.38. The summed E-state index contributed by atoms with van der Waals surface area (Å²) < 4.78 is 6.43. The van der Waals surface area contributed by atoms with Crippen molar-refractivity contribution < 1.29 is 14.3 Å². The van der Waals surface area contributed by atoms with Gasteiger partial charge < -0.3 is 15.0 Å². The zero-order valence-electron chi connectivity index (χ0n) is 23.6. The van der Waals surface area contributed by atoms with Crippen LogP contribution >= 0.6 is 27.5 Å². The molecule has 2 aliphatic heterocycles. The molecule has 6 nitrogen and oxygen atoms in total. The van der Waals surface area contributed by atoms with E-state index in [4.69, 9.17) is 21.3 Å². The third-order valence-electron chi connectivity index (χ3n) is 7.95.